The van der Waals surface area contributed by atoms with Gasteiger partial charge in [-0.3, -0.25) is 4.79 Å². The van der Waals surface area contributed by atoms with Crippen LogP contribution in [-0.4, -0.2) is 26.9 Å². The van der Waals surface area contributed by atoms with Gasteiger partial charge in [-0.2, -0.15) is 0 Å². The van der Waals surface area contributed by atoms with Crippen LogP contribution in [0.1, 0.15) is 101 Å². The molecule has 1 saturated carbocycles. The Balaban J connectivity index is 1.64. The van der Waals surface area contributed by atoms with Gasteiger partial charge in [0.1, 0.15) is 5.82 Å². The molecule has 194 valence electrons. The molecule has 3 aromatic rings. The second-order valence-electron chi connectivity index (χ2n) is 11.6. The number of hydrogen-bond donors (Lipinski definition) is 0. The molecule has 1 heterocycles. The van der Waals surface area contributed by atoms with Crippen molar-refractivity contribution in [3.8, 4) is 0 Å². The monoisotopic (exact) mass is 487 g/mol. The minimum absolute atomic E-state index is 0.125. The molecule has 1 amide bonds. The van der Waals surface area contributed by atoms with Crippen LogP contribution in [0.3, 0.4) is 0 Å². The van der Waals surface area contributed by atoms with Crippen molar-refractivity contribution in [3.63, 3.8) is 0 Å². The Bertz CT molecular complexity index is 1140. The van der Waals surface area contributed by atoms with Crippen molar-refractivity contribution in [3.05, 3.63) is 65.5 Å². The highest BCUT2D eigenvalue weighted by Crippen LogP contribution is 2.34. The summed E-state index contributed by atoms with van der Waals surface area (Å²) in [5.41, 5.74) is 4.32. The fourth-order valence-corrected chi connectivity index (χ4v) is 5.78. The molecule has 0 bridgehead atoms. The van der Waals surface area contributed by atoms with Gasteiger partial charge in [-0.25, -0.2) is 4.98 Å². The zero-order valence-electron chi connectivity index (χ0n) is 23.0. The minimum Gasteiger partial charge on any atom is -0.331 e. The predicted molar refractivity (Wildman–Crippen MR) is 150 cm³/mol. The van der Waals surface area contributed by atoms with Gasteiger partial charge in [0.15, 0.2) is 0 Å². The molecule has 36 heavy (non-hydrogen) atoms. The summed E-state index contributed by atoms with van der Waals surface area (Å²) in [5, 5.41) is 0. The van der Waals surface area contributed by atoms with E-state index in [1.807, 2.05) is 11.0 Å². The number of rotatable bonds is 11. The third kappa shape index (κ3) is 6.19. The summed E-state index contributed by atoms with van der Waals surface area (Å²) in [4.78, 5) is 21.0. The first-order valence-electron chi connectivity index (χ1n) is 14.2. The normalized spacial score (nSPS) is 15.3. The van der Waals surface area contributed by atoms with E-state index in [1.165, 1.54) is 36.8 Å². The molecule has 4 rings (SSSR count). The van der Waals surface area contributed by atoms with Gasteiger partial charge >= 0.3 is 0 Å². The molecule has 0 radical (unpaired) electrons. The molecule has 4 nitrogen and oxygen atoms in total. The first-order chi connectivity index (χ1) is 17.4. The van der Waals surface area contributed by atoms with Crippen LogP contribution < -0.4 is 0 Å². The minimum atomic E-state index is 0.125. The molecular formula is C32H45N3O. The van der Waals surface area contributed by atoms with Crippen LogP contribution >= 0.6 is 0 Å². The average molecular weight is 488 g/mol. The van der Waals surface area contributed by atoms with E-state index in [9.17, 15) is 4.79 Å². The number of benzene rings is 2. The summed E-state index contributed by atoms with van der Waals surface area (Å²) < 4.78 is 2.45. The molecule has 0 N–H and O–H groups in total. The Morgan fingerprint density at radius 3 is 2.50 bits per heavy atom. The third-order valence-corrected chi connectivity index (χ3v) is 8.09. The molecule has 1 aliphatic carbocycles. The summed E-state index contributed by atoms with van der Waals surface area (Å²) in [6.07, 6.45) is 8.11. The summed E-state index contributed by atoms with van der Waals surface area (Å²) >= 11 is 0. The molecular weight excluding hydrogens is 442 g/mol. The summed E-state index contributed by atoms with van der Waals surface area (Å²) in [6.45, 7) is 12.6. The third-order valence-electron chi connectivity index (χ3n) is 8.09. The van der Waals surface area contributed by atoms with Gasteiger partial charge in [0.25, 0.3) is 5.91 Å². The molecule has 4 heteroatoms. The van der Waals surface area contributed by atoms with Crippen molar-refractivity contribution in [2.45, 2.75) is 92.2 Å². The number of carbonyl (C=O) groups excluding carboxylic acids is 1. The van der Waals surface area contributed by atoms with E-state index in [4.69, 9.17) is 4.98 Å². The molecule has 1 aliphatic rings. The summed E-state index contributed by atoms with van der Waals surface area (Å²) in [7, 11) is 0. The first-order valence-corrected chi connectivity index (χ1v) is 14.2. The quantitative estimate of drug-likeness (QED) is 0.274. The van der Waals surface area contributed by atoms with Crippen molar-refractivity contribution in [2.75, 3.05) is 6.54 Å². The molecule has 0 spiro atoms. The highest BCUT2D eigenvalue weighted by Gasteiger charge is 2.26. The number of carbonyl (C=O) groups is 1. The van der Waals surface area contributed by atoms with Gasteiger partial charge in [-0.1, -0.05) is 78.1 Å². The van der Waals surface area contributed by atoms with Crippen molar-refractivity contribution < 1.29 is 4.79 Å². The fourth-order valence-electron chi connectivity index (χ4n) is 5.78. The maximum Gasteiger partial charge on any atom is 0.254 e. The van der Waals surface area contributed by atoms with E-state index in [1.54, 1.807) is 0 Å². The molecule has 1 atom stereocenters. The van der Waals surface area contributed by atoms with Gasteiger partial charge in [0.05, 0.1) is 17.6 Å². The SMILES string of the molecule is CCC(Cc1cccc(C(=O)N(CCC(C)C)Cc2nc3ccccc3n2C2CCCC2)c1)C(C)C. The highest BCUT2D eigenvalue weighted by atomic mass is 16.2. The Hall–Kier alpha value is -2.62. The lowest BCUT2D eigenvalue weighted by molar-refractivity contribution is 0.0728. The maximum absolute atomic E-state index is 13.9. The average Bonchev–Trinajstić information content (AvgIpc) is 3.51. The molecule has 2 aromatic carbocycles. The zero-order valence-corrected chi connectivity index (χ0v) is 23.0. The van der Waals surface area contributed by atoms with Crippen LogP contribution in [0.5, 0.6) is 0 Å². The van der Waals surface area contributed by atoms with Crippen LogP contribution in [0.15, 0.2) is 48.5 Å². The standard InChI is InChI=1S/C32H45N3O/c1-6-26(24(4)5)20-25-12-11-13-27(21-25)32(36)34(19-18-23(2)3)22-31-33-29-16-9-10-17-30(29)35(31)28-14-7-8-15-28/h9-13,16-17,21,23-24,26,28H,6-8,14-15,18-20,22H2,1-5H3. The topological polar surface area (TPSA) is 38.1 Å². The Labute approximate surface area is 218 Å². The van der Waals surface area contributed by atoms with Gasteiger partial charge in [0, 0.05) is 18.2 Å². The first kappa shape index (κ1) is 26.4. The molecule has 1 aromatic heterocycles. The van der Waals surface area contributed by atoms with Crippen LogP contribution in [-0.2, 0) is 13.0 Å². The fraction of sp³-hybridized carbons (Fsp3) is 0.562. The van der Waals surface area contributed by atoms with Gasteiger partial charge in [-0.15, -0.1) is 0 Å². The van der Waals surface area contributed by atoms with Gasteiger partial charge < -0.3 is 9.47 Å². The molecule has 0 aliphatic heterocycles. The van der Waals surface area contributed by atoms with Crippen molar-refractivity contribution >= 4 is 16.9 Å². The molecule has 1 unspecified atom stereocenters. The van der Waals surface area contributed by atoms with Crippen LogP contribution in [0, 0.1) is 17.8 Å². The number of fused-ring (bicyclic) bond motifs is 1. The predicted octanol–water partition coefficient (Wildman–Crippen LogP) is 8.06. The van der Waals surface area contributed by atoms with Crippen molar-refractivity contribution in [2.24, 2.45) is 17.8 Å². The van der Waals surface area contributed by atoms with Crippen LogP contribution in [0.2, 0.25) is 0 Å². The number of aromatic nitrogens is 2. The number of nitrogens with zero attached hydrogens (tertiary/aromatic N) is 3. The van der Waals surface area contributed by atoms with Crippen molar-refractivity contribution in [1.29, 1.82) is 0 Å². The Morgan fingerprint density at radius 2 is 1.81 bits per heavy atom. The highest BCUT2D eigenvalue weighted by molar-refractivity contribution is 5.94. The molecule has 0 saturated heterocycles. The molecule has 1 fully saturated rings. The van der Waals surface area contributed by atoms with E-state index in [0.717, 1.165) is 42.7 Å². The number of amides is 1. The van der Waals surface area contributed by atoms with E-state index in [-0.39, 0.29) is 5.91 Å². The smallest absolute Gasteiger partial charge is 0.254 e. The lowest BCUT2D eigenvalue weighted by atomic mass is 9.87. The maximum atomic E-state index is 13.9. The summed E-state index contributed by atoms with van der Waals surface area (Å²) in [6, 6.07) is 17.3. The summed E-state index contributed by atoms with van der Waals surface area (Å²) in [5.74, 6) is 2.97. The van der Waals surface area contributed by atoms with Crippen molar-refractivity contribution in [1.82, 2.24) is 14.5 Å². The second kappa shape index (κ2) is 12.1. The largest absolute Gasteiger partial charge is 0.331 e. The van der Waals surface area contributed by atoms with Gasteiger partial charge in [-0.05, 0) is 73.3 Å². The number of para-hydroxylation sites is 2. The van der Waals surface area contributed by atoms with Gasteiger partial charge in [0.2, 0.25) is 0 Å². The van der Waals surface area contributed by atoms with Crippen LogP contribution in [0.4, 0.5) is 0 Å². The number of imidazole rings is 1. The van der Waals surface area contributed by atoms with E-state index in [0.29, 0.717) is 30.3 Å². The van der Waals surface area contributed by atoms with E-state index >= 15 is 0 Å². The van der Waals surface area contributed by atoms with Crippen LogP contribution in [0.25, 0.3) is 11.0 Å². The lowest BCUT2D eigenvalue weighted by Gasteiger charge is -2.26. The lowest BCUT2D eigenvalue weighted by Crippen LogP contribution is -2.33. The Kier molecular flexibility index (Phi) is 8.87. The zero-order chi connectivity index (χ0) is 25.7. The second-order valence-corrected chi connectivity index (χ2v) is 11.6. The van der Waals surface area contributed by atoms with E-state index in [2.05, 4.69) is 81.7 Å². The van der Waals surface area contributed by atoms with E-state index < -0.39 is 0 Å². The Morgan fingerprint density at radius 1 is 1.06 bits per heavy atom. The number of hydrogen-bond acceptors (Lipinski definition) is 2.